The second kappa shape index (κ2) is 12.4. The quantitative estimate of drug-likeness (QED) is 0.270. The van der Waals surface area contributed by atoms with E-state index in [9.17, 15) is 18.4 Å². The molecule has 0 unspecified atom stereocenters. The molecule has 2 aromatic carbocycles. The van der Waals surface area contributed by atoms with Crippen LogP contribution < -0.4 is 10.6 Å². The van der Waals surface area contributed by atoms with E-state index in [-0.39, 0.29) is 38.3 Å². The summed E-state index contributed by atoms with van der Waals surface area (Å²) in [5, 5.41) is 14.8. The SMILES string of the molecule is CC(C)C[C@H](NC(=O)c1ccc(Cl)cc1Cl)c1nnc(SCC(=O)Nc2c(F)cc(F)cc2Br)n1C. The molecule has 13 heteroatoms. The number of aromatic nitrogens is 3. The van der Waals surface area contributed by atoms with E-state index >= 15 is 0 Å². The van der Waals surface area contributed by atoms with Crippen molar-refractivity contribution in [3.63, 3.8) is 0 Å². The first-order chi connectivity index (χ1) is 17.0. The Morgan fingerprint density at radius 3 is 2.53 bits per heavy atom. The van der Waals surface area contributed by atoms with Gasteiger partial charge < -0.3 is 15.2 Å². The molecule has 7 nitrogen and oxygen atoms in total. The minimum Gasteiger partial charge on any atom is -0.342 e. The number of hydrogen-bond donors (Lipinski definition) is 2. The number of rotatable bonds is 9. The Morgan fingerprint density at radius 1 is 1.17 bits per heavy atom. The van der Waals surface area contributed by atoms with Gasteiger partial charge in [-0.05, 0) is 52.5 Å². The minimum atomic E-state index is -0.894. The molecule has 2 amide bonds. The van der Waals surface area contributed by atoms with Crippen molar-refractivity contribution >= 4 is 68.4 Å². The van der Waals surface area contributed by atoms with E-state index in [1.165, 1.54) is 6.07 Å². The predicted octanol–water partition coefficient (Wildman–Crippen LogP) is 6.41. The molecule has 0 radical (unpaired) electrons. The molecule has 3 rings (SSSR count). The lowest BCUT2D eigenvalue weighted by atomic mass is 10.0. The average Bonchev–Trinajstić information content (AvgIpc) is 3.14. The van der Waals surface area contributed by atoms with Crippen LogP contribution in [0.25, 0.3) is 0 Å². The maximum atomic E-state index is 14.0. The predicted molar refractivity (Wildman–Crippen MR) is 141 cm³/mol. The van der Waals surface area contributed by atoms with Gasteiger partial charge in [-0.3, -0.25) is 9.59 Å². The van der Waals surface area contributed by atoms with Crippen molar-refractivity contribution in [1.82, 2.24) is 20.1 Å². The van der Waals surface area contributed by atoms with Crippen molar-refractivity contribution in [3.8, 4) is 0 Å². The third kappa shape index (κ3) is 7.18. The fourth-order valence-corrected chi connectivity index (χ4v) is 5.05. The number of nitrogens with zero attached hydrogens (tertiary/aromatic N) is 3. The molecule has 0 saturated carbocycles. The lowest BCUT2D eigenvalue weighted by Crippen LogP contribution is -2.31. The second-order valence-electron chi connectivity index (χ2n) is 8.26. The first kappa shape index (κ1) is 28.4. The molecule has 192 valence electrons. The summed E-state index contributed by atoms with van der Waals surface area (Å²) < 4.78 is 29.0. The van der Waals surface area contributed by atoms with E-state index < -0.39 is 23.6 Å². The zero-order chi connectivity index (χ0) is 26.6. The van der Waals surface area contributed by atoms with Crippen LogP contribution in [0.15, 0.2) is 40.0 Å². The van der Waals surface area contributed by atoms with Crippen LogP contribution >= 0.6 is 50.9 Å². The summed E-state index contributed by atoms with van der Waals surface area (Å²) >= 11 is 16.2. The Bertz CT molecular complexity index is 1270. The maximum Gasteiger partial charge on any atom is 0.253 e. The summed E-state index contributed by atoms with van der Waals surface area (Å²) in [6.07, 6.45) is 0.575. The fraction of sp³-hybridized carbons (Fsp3) is 0.304. The Kier molecular flexibility index (Phi) is 9.73. The minimum absolute atomic E-state index is 0.0901. The topological polar surface area (TPSA) is 88.9 Å². The third-order valence-electron chi connectivity index (χ3n) is 4.97. The van der Waals surface area contributed by atoms with Crippen LogP contribution in [0.3, 0.4) is 0 Å². The molecular formula is C23H22BrCl2F2N5O2S. The summed E-state index contributed by atoms with van der Waals surface area (Å²) in [6, 6.07) is 5.89. The number of benzene rings is 2. The standard InChI is InChI=1S/C23H22BrCl2F2N5O2S/c1-11(2)6-18(29-22(35)14-5-4-12(25)7-16(14)26)21-31-32-23(33(21)3)36-10-19(34)30-20-15(24)8-13(27)9-17(20)28/h4-5,7-9,11,18H,6,10H2,1-3H3,(H,29,35)(H,30,34)/t18-/m0/s1. The van der Waals surface area contributed by atoms with E-state index in [1.54, 1.807) is 23.7 Å². The fourth-order valence-electron chi connectivity index (χ4n) is 3.33. The van der Waals surface area contributed by atoms with Crippen molar-refractivity contribution < 1.29 is 18.4 Å². The van der Waals surface area contributed by atoms with Gasteiger partial charge in [0.05, 0.1) is 28.1 Å². The van der Waals surface area contributed by atoms with Crippen LogP contribution in [-0.4, -0.2) is 32.3 Å². The van der Waals surface area contributed by atoms with Crippen LogP contribution in [-0.2, 0) is 11.8 Å². The van der Waals surface area contributed by atoms with Gasteiger partial charge in [0.15, 0.2) is 16.8 Å². The lowest BCUT2D eigenvalue weighted by molar-refractivity contribution is -0.113. The molecule has 1 heterocycles. The van der Waals surface area contributed by atoms with Crippen molar-refractivity contribution in [3.05, 3.63) is 67.9 Å². The maximum absolute atomic E-state index is 14.0. The highest BCUT2D eigenvalue weighted by molar-refractivity contribution is 9.10. The van der Waals surface area contributed by atoms with Crippen LogP contribution in [0.4, 0.5) is 14.5 Å². The Morgan fingerprint density at radius 2 is 1.89 bits per heavy atom. The van der Waals surface area contributed by atoms with Gasteiger partial charge in [-0.25, -0.2) is 8.78 Å². The van der Waals surface area contributed by atoms with Gasteiger partial charge in [-0.1, -0.05) is 48.8 Å². The van der Waals surface area contributed by atoms with Crippen LogP contribution in [0.5, 0.6) is 0 Å². The van der Waals surface area contributed by atoms with E-state index in [0.717, 1.165) is 17.8 Å². The summed E-state index contributed by atoms with van der Waals surface area (Å²) in [4.78, 5) is 25.3. The van der Waals surface area contributed by atoms with Crippen molar-refractivity contribution in [1.29, 1.82) is 0 Å². The zero-order valence-corrected chi connectivity index (χ0v) is 23.3. The zero-order valence-electron chi connectivity index (χ0n) is 19.4. The van der Waals surface area contributed by atoms with Crippen LogP contribution in [0.1, 0.15) is 42.5 Å². The highest BCUT2D eigenvalue weighted by Gasteiger charge is 2.25. The van der Waals surface area contributed by atoms with E-state index in [4.69, 9.17) is 23.2 Å². The molecule has 0 spiro atoms. The number of halogens is 5. The van der Waals surface area contributed by atoms with Crippen LogP contribution in [0.2, 0.25) is 10.0 Å². The van der Waals surface area contributed by atoms with E-state index in [2.05, 4.69) is 36.8 Å². The first-order valence-electron chi connectivity index (χ1n) is 10.7. The number of amides is 2. The molecule has 0 saturated heterocycles. The van der Waals surface area contributed by atoms with Gasteiger partial charge in [0, 0.05) is 22.6 Å². The monoisotopic (exact) mass is 619 g/mol. The summed E-state index contributed by atoms with van der Waals surface area (Å²) in [5.74, 6) is -1.94. The Balaban J connectivity index is 1.72. The van der Waals surface area contributed by atoms with Crippen LogP contribution in [0, 0.1) is 17.6 Å². The summed E-state index contributed by atoms with van der Waals surface area (Å²) in [6.45, 7) is 4.02. The normalized spacial score (nSPS) is 12.0. The van der Waals surface area contributed by atoms with Gasteiger partial charge in [0.2, 0.25) is 5.91 Å². The number of carbonyl (C=O) groups is 2. The van der Waals surface area contributed by atoms with Gasteiger partial charge in [0.25, 0.3) is 5.91 Å². The van der Waals surface area contributed by atoms with Crippen molar-refractivity contribution in [2.24, 2.45) is 13.0 Å². The third-order valence-corrected chi connectivity index (χ3v) is 7.17. The highest BCUT2D eigenvalue weighted by Crippen LogP contribution is 2.28. The second-order valence-corrected chi connectivity index (χ2v) is 10.9. The number of anilines is 1. The van der Waals surface area contributed by atoms with E-state index in [1.807, 2.05) is 13.8 Å². The molecule has 3 aromatic rings. The van der Waals surface area contributed by atoms with Gasteiger partial charge in [-0.15, -0.1) is 10.2 Å². The van der Waals surface area contributed by atoms with Gasteiger partial charge >= 0.3 is 0 Å². The number of hydrogen-bond acceptors (Lipinski definition) is 5. The van der Waals surface area contributed by atoms with Gasteiger partial charge in [0.1, 0.15) is 5.82 Å². The smallest absolute Gasteiger partial charge is 0.253 e. The highest BCUT2D eigenvalue weighted by atomic mass is 79.9. The summed E-state index contributed by atoms with van der Waals surface area (Å²) in [5.41, 5.74) is 0.128. The van der Waals surface area contributed by atoms with Crippen molar-refractivity contribution in [2.75, 3.05) is 11.1 Å². The largest absolute Gasteiger partial charge is 0.342 e. The molecule has 2 N–H and O–H groups in total. The lowest BCUT2D eigenvalue weighted by Gasteiger charge is -2.20. The molecule has 0 aliphatic carbocycles. The Hall–Kier alpha value is -2.21. The van der Waals surface area contributed by atoms with E-state index in [0.29, 0.717) is 28.5 Å². The molecule has 0 aliphatic rings. The first-order valence-corrected chi connectivity index (χ1v) is 13.2. The molecule has 0 bridgehead atoms. The molecule has 0 fully saturated rings. The average molecular weight is 621 g/mol. The number of nitrogens with one attached hydrogen (secondary N) is 2. The number of thioether (sulfide) groups is 1. The molecule has 36 heavy (non-hydrogen) atoms. The molecular weight excluding hydrogens is 599 g/mol. The molecule has 1 atom stereocenters. The molecule has 1 aromatic heterocycles. The Labute approximate surface area is 229 Å². The van der Waals surface area contributed by atoms with Crippen molar-refractivity contribution in [2.45, 2.75) is 31.5 Å². The molecule has 0 aliphatic heterocycles. The summed E-state index contributed by atoms with van der Waals surface area (Å²) in [7, 11) is 1.72. The number of carbonyl (C=O) groups excluding carboxylic acids is 2. The van der Waals surface area contributed by atoms with Gasteiger partial charge in [-0.2, -0.15) is 0 Å².